The molecule has 0 spiro atoms. The Labute approximate surface area is 141 Å². The van der Waals surface area contributed by atoms with E-state index in [1.807, 2.05) is 0 Å². The van der Waals surface area contributed by atoms with Gasteiger partial charge in [0.25, 0.3) is 0 Å². The summed E-state index contributed by atoms with van der Waals surface area (Å²) in [5.74, 6) is -0.929. The first-order valence-electron chi connectivity index (χ1n) is 6.19. The van der Waals surface area contributed by atoms with Crippen LogP contribution in [0.4, 0.5) is 0 Å². The molecule has 0 fully saturated rings. The average molecular weight is 288 g/mol. The molecule has 21 heavy (non-hydrogen) atoms. The monoisotopic (exact) mass is 288 g/mol. The Morgan fingerprint density at radius 2 is 1.24 bits per heavy atom. The van der Waals surface area contributed by atoms with Crippen molar-refractivity contribution in [1.29, 1.82) is 0 Å². The molecule has 0 bridgehead atoms. The van der Waals surface area contributed by atoms with Gasteiger partial charge in [0.05, 0.1) is 6.42 Å². The maximum absolute atomic E-state index is 12.0. The Bertz CT molecular complexity index is 856. The van der Waals surface area contributed by atoms with Gasteiger partial charge in [0.2, 0.25) is 0 Å². The van der Waals surface area contributed by atoms with E-state index >= 15 is 0 Å². The molecule has 2 aromatic rings. The number of Topliss-reactive ketones (excluding diaryl/α,β-unsaturated/α-hetero) is 2. The Hall–Kier alpha value is -1.75. The van der Waals surface area contributed by atoms with E-state index in [2.05, 4.69) is 0 Å². The molecule has 5 heteroatoms. The molecule has 4 nitrogen and oxygen atoms in total. The maximum atomic E-state index is 12.0. The predicted molar refractivity (Wildman–Crippen MR) is 79.3 cm³/mol. The summed E-state index contributed by atoms with van der Waals surface area (Å²) in [6.07, 6.45) is 1.02. The number of ketones is 3. The molecule has 98 valence electrons. The van der Waals surface area contributed by atoms with Crippen LogP contribution in [0.15, 0.2) is 30.3 Å². The molecule has 0 atom stereocenters. The van der Waals surface area contributed by atoms with Crippen LogP contribution in [0.5, 0.6) is 0 Å². The summed E-state index contributed by atoms with van der Waals surface area (Å²) < 4.78 is 0. The number of aliphatic hydroxyl groups is 1. The number of hydrogen-bond acceptors (Lipinski definition) is 4. The molecule has 0 saturated heterocycles. The van der Waals surface area contributed by atoms with Gasteiger partial charge in [0.1, 0.15) is 5.76 Å². The third-order valence-electron chi connectivity index (χ3n) is 3.89. The molecule has 0 aromatic heterocycles. The van der Waals surface area contributed by atoms with E-state index < -0.39 is 0 Å². The van der Waals surface area contributed by atoms with Gasteiger partial charge in [-0.05, 0) is 24.3 Å². The van der Waals surface area contributed by atoms with Crippen molar-refractivity contribution in [3.8, 4) is 0 Å². The second-order valence-electron chi connectivity index (χ2n) is 4.99. The third-order valence-corrected chi connectivity index (χ3v) is 3.89. The molecule has 0 aliphatic heterocycles. The summed E-state index contributed by atoms with van der Waals surface area (Å²) in [4.78, 5) is 36.0. The summed E-state index contributed by atoms with van der Waals surface area (Å²) in [6.45, 7) is 0. The topological polar surface area (TPSA) is 71.4 Å². The number of benzene rings is 2. The molecule has 0 amide bonds. The first kappa shape index (κ1) is 14.2. The summed E-state index contributed by atoms with van der Waals surface area (Å²) in [5.41, 5.74) is 1.80. The molecule has 2 aliphatic rings. The van der Waals surface area contributed by atoms with Crippen LogP contribution in [-0.4, -0.2) is 52.0 Å². The van der Waals surface area contributed by atoms with E-state index in [0.717, 1.165) is 6.08 Å². The van der Waals surface area contributed by atoms with Gasteiger partial charge in [-0.3, -0.25) is 14.4 Å². The minimum absolute atomic E-state index is 0. The average Bonchev–Trinajstić information content (AvgIpc) is 2.42. The van der Waals surface area contributed by atoms with Crippen molar-refractivity contribution < 1.29 is 19.5 Å². The quantitative estimate of drug-likeness (QED) is 0.595. The fourth-order valence-electron chi connectivity index (χ4n) is 2.99. The normalized spacial score (nSPS) is 15.8. The zero-order valence-electron chi connectivity index (χ0n) is 10.3. The molecule has 2 aliphatic carbocycles. The van der Waals surface area contributed by atoms with Crippen LogP contribution >= 0.6 is 0 Å². The zero-order valence-corrected chi connectivity index (χ0v) is 10.3. The Morgan fingerprint density at radius 3 is 1.86 bits per heavy atom. The predicted octanol–water partition coefficient (Wildman–Crippen LogP) is 2.06. The van der Waals surface area contributed by atoms with Crippen molar-refractivity contribution >= 4 is 63.4 Å². The van der Waals surface area contributed by atoms with Crippen molar-refractivity contribution in [1.82, 2.24) is 0 Å². The van der Waals surface area contributed by atoms with Crippen LogP contribution in [0.25, 0.3) is 16.5 Å². The third kappa shape index (κ3) is 1.77. The van der Waals surface area contributed by atoms with E-state index in [4.69, 9.17) is 0 Å². The van der Waals surface area contributed by atoms with Crippen LogP contribution in [0.2, 0.25) is 0 Å². The van der Waals surface area contributed by atoms with Crippen molar-refractivity contribution in [2.45, 2.75) is 6.42 Å². The van der Waals surface area contributed by atoms with E-state index in [0.29, 0.717) is 33.0 Å². The second kappa shape index (κ2) is 4.63. The molecule has 4 rings (SSSR count). The van der Waals surface area contributed by atoms with Gasteiger partial charge in [-0.1, -0.05) is 0 Å². The van der Waals surface area contributed by atoms with Gasteiger partial charge in [0.15, 0.2) is 17.3 Å². The molecule has 0 unspecified atom stereocenters. The van der Waals surface area contributed by atoms with Gasteiger partial charge < -0.3 is 5.11 Å². The zero-order chi connectivity index (χ0) is 14.0. The van der Waals surface area contributed by atoms with Gasteiger partial charge in [-0.25, -0.2) is 0 Å². The van der Waals surface area contributed by atoms with Crippen LogP contribution < -0.4 is 0 Å². The number of hydrogen-bond donors (Lipinski definition) is 1. The van der Waals surface area contributed by atoms with Crippen LogP contribution in [-0.2, 0) is 0 Å². The van der Waals surface area contributed by atoms with Crippen molar-refractivity contribution in [2.24, 2.45) is 0 Å². The number of carbonyl (C=O) groups excluding carboxylic acids is 3. The van der Waals surface area contributed by atoms with Gasteiger partial charge >= 0.3 is 29.6 Å². The first-order valence-corrected chi connectivity index (χ1v) is 6.19. The molecule has 0 radical (unpaired) electrons. The van der Waals surface area contributed by atoms with Crippen LogP contribution in [0.1, 0.15) is 43.1 Å². The van der Waals surface area contributed by atoms with E-state index in [1.165, 1.54) is 0 Å². The second-order valence-corrected chi connectivity index (χ2v) is 4.99. The van der Waals surface area contributed by atoms with Crippen LogP contribution in [0.3, 0.4) is 0 Å². The Kier molecular flexibility index (Phi) is 3.13. The van der Waals surface area contributed by atoms with E-state index in [-0.39, 0.29) is 59.1 Å². The number of allylic oxidation sites excluding steroid dienone is 1. The van der Waals surface area contributed by atoms with E-state index in [1.54, 1.807) is 24.3 Å². The fourth-order valence-corrected chi connectivity index (χ4v) is 2.99. The molecule has 1 N–H and O–H groups in total. The Balaban J connectivity index is 0.00000132. The van der Waals surface area contributed by atoms with Crippen LogP contribution in [0, 0.1) is 0 Å². The molecule has 0 saturated carbocycles. The Morgan fingerprint density at radius 1 is 0.762 bits per heavy atom. The SMILES string of the molecule is O=C1C=C(O)c2ccc3c4c(ccc1c24)C(=O)CC3=O.[NaH]. The molecular formula is C16H9NaO4. The summed E-state index contributed by atoms with van der Waals surface area (Å²) in [7, 11) is 0. The minimum atomic E-state index is -0.316. The van der Waals surface area contributed by atoms with Gasteiger partial charge in [-0.2, -0.15) is 0 Å². The molecule has 0 heterocycles. The number of aliphatic hydroxyl groups excluding tert-OH is 1. The number of rotatable bonds is 0. The summed E-state index contributed by atoms with van der Waals surface area (Å²) in [5, 5.41) is 10.9. The van der Waals surface area contributed by atoms with Crippen molar-refractivity contribution in [3.63, 3.8) is 0 Å². The standard InChI is InChI=1S/C16H8O4.Na.H/c17-11-5-13(19)9-3-4-10-14(20)6-12(18)8-2-1-7(11)15(9)16(8)10;;/h1-5,17H,6H2;;. The number of carbonyl (C=O) groups is 3. The summed E-state index contributed by atoms with van der Waals surface area (Å²) >= 11 is 0. The fraction of sp³-hybridized carbons (Fsp3) is 0.0625. The first-order chi connectivity index (χ1) is 9.58. The van der Waals surface area contributed by atoms with Crippen molar-refractivity contribution in [2.75, 3.05) is 0 Å². The van der Waals surface area contributed by atoms with E-state index in [9.17, 15) is 19.5 Å². The molecule has 2 aromatic carbocycles. The summed E-state index contributed by atoms with van der Waals surface area (Å²) in [6, 6.07) is 6.41. The molecular weight excluding hydrogens is 279 g/mol. The van der Waals surface area contributed by atoms with Gasteiger partial charge in [0, 0.05) is 39.1 Å². The van der Waals surface area contributed by atoms with Gasteiger partial charge in [-0.15, -0.1) is 0 Å². The van der Waals surface area contributed by atoms with Crippen molar-refractivity contribution in [3.05, 3.63) is 52.6 Å².